The first-order chi connectivity index (χ1) is 18.1. The smallest absolute Gasteiger partial charge is 0.421 e. The van der Waals surface area contributed by atoms with Gasteiger partial charge in [0, 0.05) is 36.2 Å². The first kappa shape index (κ1) is 27.2. The number of aromatic nitrogens is 1. The molecule has 38 heavy (non-hydrogen) atoms. The first-order valence-corrected chi connectivity index (χ1v) is 13.4. The van der Waals surface area contributed by atoms with Crippen LogP contribution in [0.4, 0.5) is 24.9 Å². The summed E-state index contributed by atoms with van der Waals surface area (Å²) in [6.45, 7) is 6.11. The molecule has 2 N–H and O–H groups in total. The van der Waals surface area contributed by atoms with Gasteiger partial charge in [-0.05, 0) is 68.0 Å². The minimum absolute atomic E-state index is 0.0427. The number of ether oxygens (including phenoxy) is 1. The second-order valence-electron chi connectivity index (χ2n) is 9.95. The number of likely N-dealkylation sites (tertiary alicyclic amines) is 1. The van der Waals surface area contributed by atoms with Crippen molar-refractivity contribution in [1.29, 1.82) is 0 Å². The van der Waals surface area contributed by atoms with Gasteiger partial charge in [-0.3, -0.25) is 0 Å². The topological polar surface area (TPSA) is 74.0 Å². The van der Waals surface area contributed by atoms with Crippen LogP contribution in [0.15, 0.2) is 34.7 Å². The van der Waals surface area contributed by atoms with E-state index in [4.69, 9.17) is 27.6 Å². The highest BCUT2D eigenvalue weighted by atomic mass is 35.5. The molecule has 0 aliphatic carbocycles. The molecule has 0 unspecified atom stereocenters. The van der Waals surface area contributed by atoms with Gasteiger partial charge in [-0.15, -0.1) is 13.2 Å². The van der Waals surface area contributed by atoms with Crippen LogP contribution in [0.5, 0.6) is 5.75 Å². The van der Waals surface area contributed by atoms with Crippen LogP contribution < -0.4 is 15.0 Å². The van der Waals surface area contributed by atoms with Crippen LogP contribution in [0.25, 0.3) is 11.1 Å². The fourth-order valence-electron chi connectivity index (χ4n) is 5.38. The number of aliphatic hydroxyl groups excluding tert-OH is 1. The maximum Gasteiger partial charge on any atom is 0.573 e. The zero-order valence-corrected chi connectivity index (χ0v) is 22.3. The molecule has 2 fully saturated rings. The average molecular weight is 573 g/mol. The summed E-state index contributed by atoms with van der Waals surface area (Å²) in [4.78, 5) is 8.86. The fourth-order valence-corrected chi connectivity index (χ4v) is 5.95. The third kappa shape index (κ3) is 5.93. The Morgan fingerprint density at radius 2 is 1.97 bits per heavy atom. The SMILES string of the molecule is C[C@@H](Nc1c(OC(F)(F)F)ccc2nc(N3CC([C@H]4CCCN(CCO)C4)C3)oc12)c1ccc(Cl)cc1Cl. The Hall–Kier alpha value is -2.40. The molecule has 7 nitrogen and oxygen atoms in total. The van der Waals surface area contributed by atoms with E-state index in [1.807, 2.05) is 4.90 Å². The van der Waals surface area contributed by atoms with Gasteiger partial charge in [-0.25, -0.2) is 0 Å². The Morgan fingerprint density at radius 1 is 1.18 bits per heavy atom. The first-order valence-electron chi connectivity index (χ1n) is 12.6. The summed E-state index contributed by atoms with van der Waals surface area (Å²) in [5, 5.41) is 13.2. The van der Waals surface area contributed by atoms with Crippen LogP contribution in [-0.2, 0) is 0 Å². The maximum absolute atomic E-state index is 13.2. The van der Waals surface area contributed by atoms with Gasteiger partial charge < -0.3 is 29.4 Å². The van der Waals surface area contributed by atoms with Crippen LogP contribution in [0.2, 0.25) is 10.0 Å². The highest BCUT2D eigenvalue weighted by Gasteiger charge is 2.38. The number of rotatable bonds is 8. The Labute approximate surface area is 228 Å². The minimum Gasteiger partial charge on any atom is -0.421 e. The van der Waals surface area contributed by atoms with Gasteiger partial charge in [0.1, 0.15) is 11.2 Å². The highest BCUT2D eigenvalue weighted by Crippen LogP contribution is 2.42. The Kier molecular flexibility index (Phi) is 7.86. The van der Waals surface area contributed by atoms with Crippen LogP contribution >= 0.6 is 23.2 Å². The van der Waals surface area contributed by atoms with Crippen molar-refractivity contribution >= 4 is 46.0 Å². The van der Waals surface area contributed by atoms with Crippen molar-refractivity contribution in [2.24, 2.45) is 11.8 Å². The number of nitrogens with one attached hydrogen (secondary N) is 1. The van der Waals surface area contributed by atoms with E-state index in [9.17, 15) is 18.3 Å². The molecular weight excluding hydrogens is 544 g/mol. The second kappa shape index (κ2) is 11.0. The molecule has 2 aromatic carbocycles. The summed E-state index contributed by atoms with van der Waals surface area (Å²) in [6.07, 6.45) is -2.63. The van der Waals surface area contributed by atoms with Crippen molar-refractivity contribution in [3.8, 4) is 5.75 Å². The predicted octanol–water partition coefficient (Wildman–Crippen LogP) is 6.35. The van der Waals surface area contributed by atoms with Crippen molar-refractivity contribution in [3.05, 3.63) is 45.9 Å². The van der Waals surface area contributed by atoms with E-state index >= 15 is 0 Å². The Balaban J connectivity index is 1.38. The molecule has 2 aliphatic heterocycles. The third-order valence-corrected chi connectivity index (χ3v) is 7.89. The van der Waals surface area contributed by atoms with Gasteiger partial charge in [0.2, 0.25) is 0 Å². The normalized spacial score (nSPS) is 20.0. The van der Waals surface area contributed by atoms with Crippen LogP contribution in [0, 0.1) is 11.8 Å². The van der Waals surface area contributed by atoms with Crippen molar-refractivity contribution in [1.82, 2.24) is 9.88 Å². The van der Waals surface area contributed by atoms with Gasteiger partial charge >= 0.3 is 6.36 Å². The van der Waals surface area contributed by atoms with Crippen molar-refractivity contribution in [3.63, 3.8) is 0 Å². The van der Waals surface area contributed by atoms with Gasteiger partial charge in [0.05, 0.1) is 12.6 Å². The zero-order chi connectivity index (χ0) is 27.0. The lowest BCUT2D eigenvalue weighted by Crippen LogP contribution is -2.53. The molecule has 2 saturated heterocycles. The van der Waals surface area contributed by atoms with E-state index < -0.39 is 18.2 Å². The lowest BCUT2D eigenvalue weighted by atomic mass is 9.81. The van der Waals surface area contributed by atoms with Crippen molar-refractivity contribution in [2.75, 3.05) is 49.5 Å². The minimum atomic E-state index is -4.89. The predicted molar refractivity (Wildman–Crippen MR) is 141 cm³/mol. The molecule has 3 aromatic rings. The van der Waals surface area contributed by atoms with E-state index in [0.29, 0.717) is 45.5 Å². The summed E-state index contributed by atoms with van der Waals surface area (Å²) >= 11 is 12.3. The summed E-state index contributed by atoms with van der Waals surface area (Å²) in [6, 6.07) is 7.52. The molecule has 1 aromatic heterocycles. The number of benzene rings is 2. The number of anilines is 2. The molecule has 3 heterocycles. The number of fused-ring (bicyclic) bond motifs is 1. The molecule has 0 radical (unpaired) electrons. The van der Waals surface area contributed by atoms with E-state index in [0.717, 1.165) is 39.0 Å². The molecule has 0 bridgehead atoms. The molecule has 0 saturated carbocycles. The quantitative estimate of drug-likeness (QED) is 0.326. The number of oxazole rings is 1. The van der Waals surface area contributed by atoms with Crippen LogP contribution in [0.3, 0.4) is 0 Å². The molecular formula is C26H29Cl2F3N4O3. The van der Waals surface area contributed by atoms with Crippen molar-refractivity contribution < 1.29 is 27.4 Å². The summed E-state index contributed by atoms with van der Waals surface area (Å²) < 4.78 is 50.0. The third-order valence-electron chi connectivity index (χ3n) is 7.33. The van der Waals surface area contributed by atoms with E-state index in [-0.39, 0.29) is 17.9 Å². The lowest BCUT2D eigenvalue weighted by Gasteiger charge is -2.45. The number of hydrogen-bond donors (Lipinski definition) is 2. The molecule has 0 amide bonds. The molecule has 5 rings (SSSR count). The molecule has 12 heteroatoms. The molecule has 206 valence electrons. The summed E-state index contributed by atoms with van der Waals surface area (Å²) in [7, 11) is 0. The van der Waals surface area contributed by atoms with Crippen molar-refractivity contribution in [2.45, 2.75) is 32.2 Å². The van der Waals surface area contributed by atoms with E-state index in [1.165, 1.54) is 12.1 Å². The van der Waals surface area contributed by atoms with E-state index in [2.05, 4.69) is 19.9 Å². The van der Waals surface area contributed by atoms with Gasteiger partial charge in [-0.2, -0.15) is 4.98 Å². The number of piperidine rings is 1. The van der Waals surface area contributed by atoms with Crippen LogP contribution in [-0.4, -0.2) is 60.7 Å². The average Bonchev–Trinajstić information content (AvgIpc) is 3.23. The highest BCUT2D eigenvalue weighted by molar-refractivity contribution is 6.35. The van der Waals surface area contributed by atoms with Gasteiger partial charge in [0.15, 0.2) is 11.3 Å². The zero-order valence-electron chi connectivity index (χ0n) is 20.8. The fraction of sp³-hybridized carbons (Fsp3) is 0.500. The second-order valence-corrected chi connectivity index (χ2v) is 10.8. The Morgan fingerprint density at radius 3 is 2.68 bits per heavy atom. The largest absolute Gasteiger partial charge is 0.573 e. The molecule has 2 atom stereocenters. The monoisotopic (exact) mass is 572 g/mol. The number of nitrogens with zero attached hydrogens (tertiary/aromatic N) is 3. The lowest BCUT2D eigenvalue weighted by molar-refractivity contribution is -0.274. The standard InChI is InChI=1S/C26H29Cl2F3N4O3/c1-15(19-5-4-18(27)11-20(19)28)32-23-22(38-26(29,30)31)7-6-21-24(23)37-25(33-21)35-13-17(14-35)16-3-2-8-34(12-16)9-10-36/h4-7,11,15-17,32,36H,2-3,8-10,12-14H2,1H3/t15-,16+/m1/s1. The number of halogens is 5. The Bertz CT molecular complexity index is 1280. The number of hydrogen-bond acceptors (Lipinski definition) is 7. The number of alkyl halides is 3. The molecule has 2 aliphatic rings. The summed E-state index contributed by atoms with van der Waals surface area (Å²) in [5.74, 6) is 0.586. The van der Waals surface area contributed by atoms with Gasteiger partial charge in [-0.1, -0.05) is 29.3 Å². The van der Waals surface area contributed by atoms with Crippen LogP contribution in [0.1, 0.15) is 31.4 Å². The van der Waals surface area contributed by atoms with Gasteiger partial charge in [0.25, 0.3) is 6.01 Å². The summed E-state index contributed by atoms with van der Waals surface area (Å²) in [5.41, 5.74) is 1.29. The maximum atomic E-state index is 13.2. The van der Waals surface area contributed by atoms with E-state index in [1.54, 1.807) is 25.1 Å². The number of aliphatic hydroxyl groups is 1. The molecule has 0 spiro atoms. The number of β-amino-alcohol motifs (C(OH)–C–C–N with tert-alkyl or cyclic N) is 1.